The molecule has 1 rings (SSSR count). The second kappa shape index (κ2) is 4.83. The first-order valence-electron chi connectivity index (χ1n) is 4.04. The first kappa shape index (κ1) is 11.6. The van der Waals surface area contributed by atoms with Crippen molar-refractivity contribution in [2.24, 2.45) is 0 Å². The smallest absolute Gasteiger partial charge is 0.378 e. The zero-order chi connectivity index (χ0) is 11.4. The summed E-state index contributed by atoms with van der Waals surface area (Å²) in [5.74, 6) is -1.02. The minimum atomic E-state index is -0.674. The van der Waals surface area contributed by atoms with E-state index in [0.29, 0.717) is 0 Å². The third kappa shape index (κ3) is 2.50. The normalized spacial score (nSPS) is 9.73. The number of ether oxygens (including phenoxy) is 1. The Hall–Kier alpha value is -1.50. The molecule has 0 spiro atoms. The van der Waals surface area contributed by atoms with Crippen LogP contribution in [-0.2, 0) is 4.74 Å². The van der Waals surface area contributed by atoms with Crippen molar-refractivity contribution in [3.8, 4) is 0 Å². The van der Waals surface area contributed by atoms with Crippen LogP contribution in [0.25, 0.3) is 0 Å². The molecule has 0 atom stereocenters. The van der Waals surface area contributed by atoms with E-state index < -0.39 is 16.7 Å². The average Bonchev–Trinajstić information content (AvgIpc) is 2.17. The molecule has 0 fully saturated rings. The molecule has 0 bridgehead atoms. The lowest BCUT2D eigenvalue weighted by Gasteiger charge is -2.03. The van der Waals surface area contributed by atoms with E-state index in [-0.39, 0.29) is 16.6 Å². The Kier molecular flexibility index (Phi) is 3.73. The topological polar surface area (TPSA) is 82.3 Å². The summed E-state index contributed by atoms with van der Waals surface area (Å²) in [4.78, 5) is 24.7. The van der Waals surface area contributed by atoms with Crippen LogP contribution in [0.4, 0.5) is 5.82 Å². The molecule has 7 heteroatoms. The summed E-state index contributed by atoms with van der Waals surface area (Å²) in [6.45, 7) is 1.86. The van der Waals surface area contributed by atoms with E-state index in [4.69, 9.17) is 4.74 Å². The Labute approximate surface area is 93.5 Å². The highest BCUT2D eigenvalue weighted by Crippen LogP contribution is 2.26. The second-order valence-electron chi connectivity index (χ2n) is 2.47. The molecule has 0 N–H and O–H groups in total. The number of esters is 1. The summed E-state index contributed by atoms with van der Waals surface area (Å²) < 4.78 is 4.76. The third-order valence-electron chi connectivity index (χ3n) is 1.54. The second-order valence-corrected chi connectivity index (χ2v) is 3.27. The molecule has 0 aliphatic heterocycles. The van der Waals surface area contributed by atoms with E-state index in [1.54, 1.807) is 6.92 Å². The number of nitrogens with zero attached hydrogens (tertiary/aromatic N) is 2. The van der Waals surface area contributed by atoms with Gasteiger partial charge >= 0.3 is 11.8 Å². The van der Waals surface area contributed by atoms with Crippen molar-refractivity contribution < 1.29 is 14.5 Å². The van der Waals surface area contributed by atoms with Crippen LogP contribution in [0.15, 0.2) is 16.7 Å². The quantitative estimate of drug-likeness (QED) is 0.478. The van der Waals surface area contributed by atoms with Crippen molar-refractivity contribution >= 4 is 27.7 Å². The molecule has 0 saturated carbocycles. The Bertz CT molecular complexity index is 408. The van der Waals surface area contributed by atoms with Gasteiger partial charge in [0.1, 0.15) is 10.7 Å². The Morgan fingerprint density at radius 1 is 1.73 bits per heavy atom. The highest BCUT2D eigenvalue weighted by molar-refractivity contribution is 9.10. The molecule has 6 nitrogen and oxygen atoms in total. The average molecular weight is 275 g/mol. The third-order valence-corrected chi connectivity index (χ3v) is 2.32. The van der Waals surface area contributed by atoms with E-state index >= 15 is 0 Å². The number of carbonyl (C=O) groups excluding carboxylic acids is 1. The minimum Gasteiger partial charge on any atom is -0.462 e. The number of aromatic nitrogens is 1. The molecule has 0 saturated heterocycles. The number of carbonyl (C=O) groups is 1. The summed E-state index contributed by atoms with van der Waals surface area (Å²) in [5, 5.41) is 10.5. The standard InChI is InChI=1S/C8H7BrN2O4/c1-2-15-8(12)5-3-4-10-7(6(5)9)11(13)14/h3-4H,2H2,1H3. The van der Waals surface area contributed by atoms with Crippen LogP contribution in [0, 0.1) is 10.1 Å². The van der Waals surface area contributed by atoms with Crippen LogP contribution in [0.2, 0.25) is 0 Å². The lowest BCUT2D eigenvalue weighted by atomic mass is 10.2. The highest BCUT2D eigenvalue weighted by atomic mass is 79.9. The summed E-state index contributed by atoms with van der Waals surface area (Å²) >= 11 is 2.95. The Balaban J connectivity index is 3.15. The van der Waals surface area contributed by atoms with Gasteiger partial charge in [0.2, 0.25) is 0 Å². The molecule has 1 aromatic heterocycles. The van der Waals surface area contributed by atoms with Gasteiger partial charge in [0, 0.05) is 0 Å². The molecule has 0 amide bonds. The molecule has 1 heterocycles. The molecular formula is C8H7BrN2O4. The van der Waals surface area contributed by atoms with Gasteiger partial charge in [0.05, 0.1) is 12.2 Å². The van der Waals surface area contributed by atoms with Crippen LogP contribution in [0.3, 0.4) is 0 Å². The molecule has 0 aliphatic rings. The van der Waals surface area contributed by atoms with Gasteiger partial charge < -0.3 is 14.9 Å². The largest absolute Gasteiger partial charge is 0.462 e. The van der Waals surface area contributed by atoms with Gasteiger partial charge in [-0.1, -0.05) is 0 Å². The van der Waals surface area contributed by atoms with Crippen molar-refractivity contribution in [2.45, 2.75) is 6.92 Å². The van der Waals surface area contributed by atoms with Crippen molar-refractivity contribution in [3.05, 3.63) is 32.4 Å². The van der Waals surface area contributed by atoms with E-state index in [1.165, 1.54) is 12.3 Å². The molecule has 1 aromatic rings. The highest BCUT2D eigenvalue weighted by Gasteiger charge is 2.21. The molecule has 0 unspecified atom stereocenters. The van der Waals surface area contributed by atoms with Gasteiger partial charge in [-0.15, -0.1) is 0 Å². The van der Waals surface area contributed by atoms with Crippen LogP contribution in [0.5, 0.6) is 0 Å². The Morgan fingerprint density at radius 2 is 2.40 bits per heavy atom. The number of rotatable bonds is 3. The maximum absolute atomic E-state index is 11.3. The number of hydrogen-bond acceptors (Lipinski definition) is 5. The van der Waals surface area contributed by atoms with Gasteiger partial charge in [-0.25, -0.2) is 4.79 Å². The van der Waals surface area contributed by atoms with Gasteiger partial charge in [-0.2, -0.15) is 0 Å². The summed E-state index contributed by atoms with van der Waals surface area (Å²) in [5.41, 5.74) is 0.0959. The maximum Gasteiger partial charge on any atom is 0.378 e. The minimum absolute atomic E-state index is 0.0356. The van der Waals surface area contributed by atoms with E-state index in [9.17, 15) is 14.9 Å². The summed E-state index contributed by atoms with van der Waals surface area (Å²) in [6.07, 6.45) is 1.19. The van der Waals surface area contributed by atoms with E-state index in [0.717, 1.165) is 0 Å². The predicted molar refractivity (Wildman–Crippen MR) is 54.5 cm³/mol. The van der Waals surface area contributed by atoms with Gasteiger partial charge in [-0.3, -0.25) is 0 Å². The van der Waals surface area contributed by atoms with Crippen LogP contribution in [-0.4, -0.2) is 22.5 Å². The number of hydrogen-bond donors (Lipinski definition) is 0. The van der Waals surface area contributed by atoms with Gasteiger partial charge in [0.15, 0.2) is 0 Å². The van der Waals surface area contributed by atoms with Crippen LogP contribution in [0.1, 0.15) is 17.3 Å². The van der Waals surface area contributed by atoms with E-state index in [2.05, 4.69) is 20.9 Å². The molecule has 15 heavy (non-hydrogen) atoms. The number of halogens is 1. The first-order valence-corrected chi connectivity index (χ1v) is 4.83. The van der Waals surface area contributed by atoms with Gasteiger partial charge in [0.25, 0.3) is 0 Å². The zero-order valence-corrected chi connectivity index (χ0v) is 9.35. The molecule has 80 valence electrons. The first-order chi connectivity index (χ1) is 7.07. The molecule has 0 aliphatic carbocycles. The maximum atomic E-state index is 11.3. The fourth-order valence-electron chi connectivity index (χ4n) is 0.926. The molecule has 0 aromatic carbocycles. The lowest BCUT2D eigenvalue weighted by Crippen LogP contribution is -2.07. The monoisotopic (exact) mass is 274 g/mol. The molecule has 0 radical (unpaired) electrons. The van der Waals surface area contributed by atoms with Crippen LogP contribution >= 0.6 is 15.9 Å². The van der Waals surface area contributed by atoms with Crippen molar-refractivity contribution in [3.63, 3.8) is 0 Å². The SMILES string of the molecule is CCOC(=O)c1ccnc([N+](=O)[O-])c1Br. The number of nitro groups is 1. The van der Waals surface area contributed by atoms with Crippen molar-refractivity contribution in [2.75, 3.05) is 6.61 Å². The zero-order valence-electron chi connectivity index (χ0n) is 7.77. The fourth-order valence-corrected chi connectivity index (χ4v) is 1.47. The van der Waals surface area contributed by atoms with E-state index in [1.807, 2.05) is 0 Å². The molecular weight excluding hydrogens is 268 g/mol. The summed E-state index contributed by atoms with van der Waals surface area (Å²) in [6, 6.07) is 1.36. The fraction of sp³-hybridized carbons (Fsp3) is 0.250. The van der Waals surface area contributed by atoms with Gasteiger partial charge in [-0.05, 0) is 38.8 Å². The lowest BCUT2D eigenvalue weighted by molar-refractivity contribution is -0.390. The van der Waals surface area contributed by atoms with Crippen molar-refractivity contribution in [1.29, 1.82) is 0 Å². The predicted octanol–water partition coefficient (Wildman–Crippen LogP) is 1.93. The Morgan fingerprint density at radius 3 is 2.93 bits per heavy atom. The summed E-state index contributed by atoms with van der Waals surface area (Å²) in [7, 11) is 0. The van der Waals surface area contributed by atoms with Crippen molar-refractivity contribution in [1.82, 2.24) is 4.98 Å². The number of pyridine rings is 1. The van der Waals surface area contributed by atoms with Crippen LogP contribution < -0.4 is 0 Å².